The molecule has 220 valence electrons. The molecule has 0 aromatic heterocycles. The lowest BCUT2D eigenvalue weighted by Crippen LogP contribution is -2.51. The van der Waals surface area contributed by atoms with Crippen molar-refractivity contribution < 1.29 is 33.1 Å². The summed E-state index contributed by atoms with van der Waals surface area (Å²) >= 11 is 0. The smallest absolute Gasteiger partial charge is 0.410 e. The van der Waals surface area contributed by atoms with Gasteiger partial charge >= 0.3 is 6.09 Å². The molecule has 11 nitrogen and oxygen atoms in total. The van der Waals surface area contributed by atoms with Gasteiger partial charge in [-0.25, -0.2) is 9.18 Å². The second-order valence-corrected chi connectivity index (χ2v) is 12.0. The van der Waals surface area contributed by atoms with E-state index < -0.39 is 41.1 Å². The highest BCUT2D eigenvalue weighted by atomic mass is 19.1. The third-order valence-corrected chi connectivity index (χ3v) is 8.04. The number of anilines is 1. The van der Waals surface area contributed by atoms with Crippen molar-refractivity contribution in [2.24, 2.45) is 5.92 Å². The predicted molar refractivity (Wildman–Crippen MR) is 147 cm³/mol. The van der Waals surface area contributed by atoms with E-state index in [0.717, 1.165) is 55.9 Å². The fraction of sp³-hybridized carbons (Fsp3) is 0.552. The molecule has 5 amide bonds. The predicted octanol–water partition coefficient (Wildman–Crippen LogP) is 2.16. The number of hydrogen-bond donors (Lipinski definition) is 1. The first kappa shape index (κ1) is 28.7. The number of hydrogen-bond acceptors (Lipinski definition) is 8. The first-order valence-corrected chi connectivity index (χ1v) is 14.1. The molecule has 0 radical (unpaired) electrons. The third-order valence-electron chi connectivity index (χ3n) is 8.04. The van der Waals surface area contributed by atoms with Crippen LogP contribution in [0.15, 0.2) is 24.3 Å². The van der Waals surface area contributed by atoms with Gasteiger partial charge in [-0.1, -0.05) is 0 Å². The van der Waals surface area contributed by atoms with E-state index in [1.807, 2.05) is 25.7 Å². The van der Waals surface area contributed by atoms with Crippen LogP contribution < -0.4 is 10.2 Å². The van der Waals surface area contributed by atoms with Crippen LogP contribution in [0.5, 0.6) is 0 Å². The SMILES string of the molecule is CC(C)(C)OC(=O)N1CCC(CCN2CCN(c3cc4c(cc3F)C(=O)N(C3C=CC(=O)NC3=O)C4=O)CC2)CC1. The maximum atomic E-state index is 15.2. The Hall–Kier alpha value is -3.80. The van der Waals surface area contributed by atoms with Crippen molar-refractivity contribution >= 4 is 35.4 Å². The monoisotopic (exact) mass is 569 g/mol. The molecule has 1 N–H and O–H groups in total. The lowest BCUT2D eigenvalue weighted by Gasteiger charge is -2.38. The molecule has 2 saturated heterocycles. The maximum absolute atomic E-state index is 15.2. The lowest BCUT2D eigenvalue weighted by atomic mass is 9.93. The lowest BCUT2D eigenvalue weighted by molar-refractivity contribution is -0.130. The first-order valence-electron chi connectivity index (χ1n) is 14.1. The molecule has 4 heterocycles. The number of nitrogens with zero attached hydrogens (tertiary/aromatic N) is 4. The number of rotatable bonds is 5. The van der Waals surface area contributed by atoms with Gasteiger partial charge < -0.3 is 14.5 Å². The number of ether oxygens (including phenoxy) is 1. The molecule has 1 aromatic carbocycles. The number of fused-ring (bicyclic) bond motifs is 1. The number of imide groups is 2. The van der Waals surface area contributed by atoms with Crippen molar-refractivity contribution in [3.05, 3.63) is 41.2 Å². The second kappa shape index (κ2) is 11.2. The van der Waals surface area contributed by atoms with Gasteiger partial charge in [0.15, 0.2) is 0 Å². The van der Waals surface area contributed by atoms with Crippen molar-refractivity contribution in [2.45, 2.75) is 51.7 Å². The van der Waals surface area contributed by atoms with Crippen molar-refractivity contribution in [2.75, 3.05) is 50.7 Å². The normalized spacial score (nSPS) is 22.3. The van der Waals surface area contributed by atoms with Gasteiger partial charge in [0.2, 0.25) is 5.91 Å². The summed E-state index contributed by atoms with van der Waals surface area (Å²) in [5, 5.41) is 2.08. The van der Waals surface area contributed by atoms with Crippen LogP contribution in [0.2, 0.25) is 0 Å². The zero-order valence-corrected chi connectivity index (χ0v) is 23.7. The number of carbonyl (C=O) groups excluding carboxylic acids is 5. The first-order chi connectivity index (χ1) is 19.4. The second-order valence-electron chi connectivity index (χ2n) is 12.0. The molecular formula is C29H36FN5O6. The van der Waals surface area contributed by atoms with Gasteiger partial charge in [0.1, 0.15) is 17.5 Å². The third kappa shape index (κ3) is 6.12. The van der Waals surface area contributed by atoms with Crippen LogP contribution in [0.1, 0.15) is 60.7 Å². The standard InChI is InChI=1S/C29H36FN5O6/c1-29(2,3)41-28(40)34-10-7-18(8-11-34)6-9-32-12-14-33(15-13-32)23-17-20-19(16-21(23)30)26(38)35(27(20)39)22-4-5-24(36)31-25(22)37/h4-5,16-18,22H,6-15H2,1-3H3,(H,31,36,37). The van der Waals surface area contributed by atoms with E-state index in [4.69, 9.17) is 4.74 Å². The van der Waals surface area contributed by atoms with Gasteiger partial charge in [-0.3, -0.25) is 34.3 Å². The van der Waals surface area contributed by atoms with Crippen molar-refractivity contribution in [3.63, 3.8) is 0 Å². The van der Waals surface area contributed by atoms with Gasteiger partial charge in [-0.2, -0.15) is 0 Å². The van der Waals surface area contributed by atoms with E-state index in [9.17, 15) is 24.0 Å². The molecule has 4 aliphatic rings. The Bertz CT molecular complexity index is 1290. The van der Waals surface area contributed by atoms with Crippen LogP contribution in [0.25, 0.3) is 0 Å². The van der Waals surface area contributed by atoms with Crippen LogP contribution in [0.3, 0.4) is 0 Å². The summed E-state index contributed by atoms with van der Waals surface area (Å²) in [4.78, 5) is 68.8. The number of likely N-dealkylation sites (tertiary alicyclic amines) is 1. The van der Waals surface area contributed by atoms with Crippen molar-refractivity contribution in [3.8, 4) is 0 Å². The van der Waals surface area contributed by atoms with Crippen LogP contribution >= 0.6 is 0 Å². The quantitative estimate of drug-likeness (QED) is 0.536. The Morgan fingerprint density at radius 3 is 2.22 bits per heavy atom. The Labute approximate surface area is 238 Å². The number of carbonyl (C=O) groups is 5. The molecule has 12 heteroatoms. The highest BCUT2D eigenvalue weighted by Gasteiger charge is 2.44. The summed E-state index contributed by atoms with van der Waals surface area (Å²) in [6.07, 6.45) is 4.95. The highest BCUT2D eigenvalue weighted by Crippen LogP contribution is 2.32. The fourth-order valence-electron chi connectivity index (χ4n) is 5.78. The van der Waals surface area contributed by atoms with Gasteiger partial charge in [0, 0.05) is 45.3 Å². The Kier molecular flexibility index (Phi) is 7.87. The molecular weight excluding hydrogens is 533 g/mol. The van der Waals surface area contributed by atoms with E-state index in [1.54, 1.807) is 4.90 Å². The number of halogens is 1. The summed E-state index contributed by atoms with van der Waals surface area (Å²) in [5.74, 6) is -2.93. The van der Waals surface area contributed by atoms with Gasteiger partial charge in [0.05, 0.1) is 16.8 Å². The Morgan fingerprint density at radius 1 is 0.976 bits per heavy atom. The molecule has 4 aliphatic heterocycles. The molecule has 0 aliphatic carbocycles. The molecule has 5 rings (SSSR count). The summed E-state index contributed by atoms with van der Waals surface area (Å²) in [6, 6.07) is 1.20. The molecule has 1 atom stereocenters. The van der Waals surface area contributed by atoms with Crippen LogP contribution in [0, 0.1) is 11.7 Å². The van der Waals surface area contributed by atoms with E-state index in [2.05, 4.69) is 10.2 Å². The molecule has 0 saturated carbocycles. The minimum atomic E-state index is -1.26. The molecule has 2 fully saturated rings. The number of piperazine rings is 1. The highest BCUT2D eigenvalue weighted by molar-refractivity contribution is 6.24. The van der Waals surface area contributed by atoms with Crippen LogP contribution in [-0.2, 0) is 14.3 Å². The van der Waals surface area contributed by atoms with Crippen molar-refractivity contribution in [1.82, 2.24) is 20.0 Å². The number of piperidine rings is 1. The zero-order chi connectivity index (χ0) is 29.5. The molecule has 41 heavy (non-hydrogen) atoms. The number of amides is 5. The minimum Gasteiger partial charge on any atom is -0.444 e. The molecule has 1 unspecified atom stereocenters. The average Bonchev–Trinajstić information content (AvgIpc) is 3.15. The number of benzene rings is 1. The van der Waals surface area contributed by atoms with Crippen LogP contribution in [-0.4, -0.2) is 102 Å². The average molecular weight is 570 g/mol. The van der Waals surface area contributed by atoms with Gasteiger partial charge in [-0.15, -0.1) is 0 Å². The van der Waals surface area contributed by atoms with Gasteiger partial charge in [0.25, 0.3) is 17.7 Å². The zero-order valence-electron chi connectivity index (χ0n) is 23.7. The Balaban J connectivity index is 1.13. The topological polar surface area (TPSA) is 120 Å². The largest absolute Gasteiger partial charge is 0.444 e. The molecule has 0 bridgehead atoms. The van der Waals surface area contributed by atoms with E-state index in [1.165, 1.54) is 12.1 Å². The molecule has 1 aromatic rings. The maximum Gasteiger partial charge on any atom is 0.410 e. The minimum absolute atomic E-state index is 0.0460. The molecule has 0 spiro atoms. The number of nitrogens with one attached hydrogen (secondary N) is 1. The summed E-state index contributed by atoms with van der Waals surface area (Å²) < 4.78 is 20.7. The van der Waals surface area contributed by atoms with Gasteiger partial charge in [-0.05, 0) is 70.7 Å². The summed E-state index contributed by atoms with van der Waals surface area (Å²) in [5.41, 5.74) is -0.297. The van der Waals surface area contributed by atoms with Crippen molar-refractivity contribution in [1.29, 1.82) is 0 Å². The fourth-order valence-corrected chi connectivity index (χ4v) is 5.78. The summed E-state index contributed by atoms with van der Waals surface area (Å²) in [6.45, 7) is 10.5. The van der Waals surface area contributed by atoms with E-state index >= 15 is 4.39 Å². The Morgan fingerprint density at radius 2 is 1.61 bits per heavy atom. The van der Waals surface area contributed by atoms with Crippen LogP contribution in [0.4, 0.5) is 14.9 Å². The summed E-state index contributed by atoms with van der Waals surface area (Å²) in [7, 11) is 0. The van der Waals surface area contributed by atoms with E-state index in [0.29, 0.717) is 32.1 Å². The van der Waals surface area contributed by atoms with E-state index in [-0.39, 0.29) is 22.9 Å².